The Morgan fingerprint density at radius 2 is 1.82 bits per heavy atom. The molecular formula is C14H28N2O. The standard InChI is InChI=1S/C14H28N2O/c1-10(2)14(9-17-3)16-12-5-4-6-13(16)8-11(15)7-12/h10-14H,4-9,15H2,1-3H3. The Morgan fingerprint density at radius 3 is 2.29 bits per heavy atom. The maximum absolute atomic E-state index is 6.18. The third-order valence-corrected chi connectivity index (χ3v) is 4.56. The Labute approximate surface area is 106 Å². The summed E-state index contributed by atoms with van der Waals surface area (Å²) >= 11 is 0. The van der Waals surface area contributed by atoms with E-state index in [4.69, 9.17) is 10.5 Å². The van der Waals surface area contributed by atoms with Gasteiger partial charge in [-0.2, -0.15) is 0 Å². The molecule has 2 saturated heterocycles. The van der Waals surface area contributed by atoms with Gasteiger partial charge in [-0.25, -0.2) is 0 Å². The van der Waals surface area contributed by atoms with Crippen LogP contribution in [0.3, 0.4) is 0 Å². The van der Waals surface area contributed by atoms with Gasteiger partial charge in [-0.3, -0.25) is 4.90 Å². The van der Waals surface area contributed by atoms with E-state index in [1.165, 1.54) is 32.1 Å². The lowest BCUT2D eigenvalue weighted by Gasteiger charge is -2.52. The predicted octanol–water partition coefficient (Wildman–Crippen LogP) is 2.00. The van der Waals surface area contributed by atoms with Gasteiger partial charge >= 0.3 is 0 Å². The monoisotopic (exact) mass is 240 g/mol. The van der Waals surface area contributed by atoms with Crippen molar-refractivity contribution in [2.24, 2.45) is 11.7 Å². The number of hydrogen-bond donors (Lipinski definition) is 1. The van der Waals surface area contributed by atoms with Crippen LogP contribution in [-0.2, 0) is 4.74 Å². The predicted molar refractivity (Wildman–Crippen MR) is 71.0 cm³/mol. The van der Waals surface area contributed by atoms with Crippen LogP contribution in [0.25, 0.3) is 0 Å². The van der Waals surface area contributed by atoms with E-state index in [2.05, 4.69) is 18.7 Å². The summed E-state index contributed by atoms with van der Waals surface area (Å²) in [6, 6.07) is 2.42. The van der Waals surface area contributed by atoms with Gasteiger partial charge in [-0.1, -0.05) is 20.3 Å². The van der Waals surface area contributed by atoms with Crippen LogP contribution in [0.5, 0.6) is 0 Å². The highest BCUT2D eigenvalue weighted by molar-refractivity contribution is 4.97. The van der Waals surface area contributed by atoms with Gasteiger partial charge in [0.25, 0.3) is 0 Å². The SMILES string of the molecule is COCC(C(C)C)N1C2CCCC1CC(N)C2. The molecule has 3 heteroatoms. The molecular weight excluding hydrogens is 212 g/mol. The minimum absolute atomic E-state index is 0.428. The number of methoxy groups -OCH3 is 1. The second kappa shape index (κ2) is 5.68. The summed E-state index contributed by atoms with van der Waals surface area (Å²) < 4.78 is 5.44. The molecule has 0 saturated carbocycles. The van der Waals surface area contributed by atoms with Gasteiger partial charge in [0.1, 0.15) is 0 Å². The highest BCUT2D eigenvalue weighted by Crippen LogP contribution is 2.36. The second-order valence-electron chi connectivity index (χ2n) is 6.18. The highest BCUT2D eigenvalue weighted by Gasteiger charge is 2.41. The summed E-state index contributed by atoms with van der Waals surface area (Å²) in [5, 5.41) is 0. The van der Waals surface area contributed by atoms with Crippen LogP contribution in [-0.4, -0.2) is 42.8 Å². The van der Waals surface area contributed by atoms with Crippen molar-refractivity contribution in [2.75, 3.05) is 13.7 Å². The first-order valence-electron chi connectivity index (χ1n) is 7.15. The lowest BCUT2D eigenvalue weighted by Crippen LogP contribution is -2.61. The fourth-order valence-corrected chi connectivity index (χ4v) is 3.79. The molecule has 2 aliphatic rings. The van der Waals surface area contributed by atoms with Gasteiger partial charge in [0.15, 0.2) is 0 Å². The summed E-state index contributed by atoms with van der Waals surface area (Å²) in [5.41, 5.74) is 6.18. The number of nitrogens with zero attached hydrogens (tertiary/aromatic N) is 1. The average Bonchev–Trinajstić information content (AvgIpc) is 2.24. The van der Waals surface area contributed by atoms with Gasteiger partial charge in [-0.05, 0) is 31.6 Å². The lowest BCUT2D eigenvalue weighted by atomic mass is 9.79. The summed E-state index contributed by atoms with van der Waals surface area (Å²) in [7, 11) is 1.82. The first-order chi connectivity index (χ1) is 8.13. The molecule has 3 unspecified atom stereocenters. The van der Waals surface area contributed by atoms with E-state index >= 15 is 0 Å². The van der Waals surface area contributed by atoms with Crippen molar-refractivity contribution in [3.05, 3.63) is 0 Å². The molecule has 2 aliphatic heterocycles. The van der Waals surface area contributed by atoms with Gasteiger partial charge in [0.2, 0.25) is 0 Å². The van der Waals surface area contributed by atoms with E-state index in [9.17, 15) is 0 Å². The number of rotatable bonds is 4. The Kier molecular flexibility index (Phi) is 4.45. The van der Waals surface area contributed by atoms with E-state index in [0.717, 1.165) is 6.61 Å². The maximum atomic E-state index is 6.18. The fourth-order valence-electron chi connectivity index (χ4n) is 3.79. The van der Waals surface area contributed by atoms with Crippen molar-refractivity contribution < 1.29 is 4.74 Å². The number of fused-ring (bicyclic) bond motifs is 2. The summed E-state index contributed by atoms with van der Waals surface area (Å²) in [5.74, 6) is 0.660. The van der Waals surface area contributed by atoms with E-state index in [1.807, 2.05) is 7.11 Å². The zero-order valence-electron chi connectivity index (χ0n) is 11.6. The quantitative estimate of drug-likeness (QED) is 0.817. The van der Waals surface area contributed by atoms with Gasteiger partial charge in [0, 0.05) is 31.3 Å². The number of hydrogen-bond acceptors (Lipinski definition) is 3. The van der Waals surface area contributed by atoms with Crippen LogP contribution in [0, 0.1) is 5.92 Å². The Bertz CT molecular complexity index is 230. The Balaban J connectivity index is 2.11. The molecule has 2 bridgehead atoms. The van der Waals surface area contributed by atoms with Crippen LogP contribution < -0.4 is 5.73 Å². The molecule has 3 atom stereocenters. The average molecular weight is 240 g/mol. The van der Waals surface area contributed by atoms with E-state index in [0.29, 0.717) is 30.1 Å². The van der Waals surface area contributed by atoms with Crippen LogP contribution in [0.1, 0.15) is 46.0 Å². The summed E-state index contributed by atoms with van der Waals surface area (Å²) in [6.45, 7) is 5.49. The zero-order valence-corrected chi connectivity index (χ0v) is 11.6. The molecule has 2 rings (SSSR count). The topological polar surface area (TPSA) is 38.5 Å². The Morgan fingerprint density at radius 1 is 1.24 bits per heavy atom. The normalized spacial score (nSPS) is 36.2. The van der Waals surface area contributed by atoms with Crippen molar-refractivity contribution in [3.8, 4) is 0 Å². The molecule has 0 spiro atoms. The molecule has 2 heterocycles. The molecule has 17 heavy (non-hydrogen) atoms. The molecule has 0 aliphatic carbocycles. The smallest absolute Gasteiger partial charge is 0.0620 e. The maximum Gasteiger partial charge on any atom is 0.0620 e. The molecule has 2 N–H and O–H groups in total. The van der Waals surface area contributed by atoms with Crippen molar-refractivity contribution in [3.63, 3.8) is 0 Å². The van der Waals surface area contributed by atoms with Crippen LogP contribution in [0.2, 0.25) is 0 Å². The van der Waals surface area contributed by atoms with Gasteiger partial charge in [0.05, 0.1) is 6.61 Å². The van der Waals surface area contributed by atoms with E-state index < -0.39 is 0 Å². The third-order valence-electron chi connectivity index (χ3n) is 4.56. The highest BCUT2D eigenvalue weighted by atomic mass is 16.5. The molecule has 0 aromatic carbocycles. The largest absolute Gasteiger partial charge is 0.383 e. The summed E-state index contributed by atoms with van der Waals surface area (Å²) in [6.07, 6.45) is 6.41. The van der Waals surface area contributed by atoms with E-state index in [-0.39, 0.29) is 0 Å². The Hall–Kier alpha value is -0.120. The van der Waals surface area contributed by atoms with Crippen LogP contribution >= 0.6 is 0 Å². The molecule has 0 aromatic heterocycles. The van der Waals surface area contributed by atoms with Gasteiger partial charge < -0.3 is 10.5 Å². The first-order valence-corrected chi connectivity index (χ1v) is 7.15. The first kappa shape index (κ1) is 13.3. The molecule has 2 fully saturated rings. The molecule has 0 amide bonds. The van der Waals surface area contributed by atoms with Crippen LogP contribution in [0.4, 0.5) is 0 Å². The lowest BCUT2D eigenvalue weighted by molar-refractivity contribution is -0.0462. The van der Waals surface area contributed by atoms with Gasteiger partial charge in [-0.15, -0.1) is 0 Å². The van der Waals surface area contributed by atoms with Crippen molar-refractivity contribution >= 4 is 0 Å². The molecule has 0 aromatic rings. The number of ether oxygens (including phenoxy) is 1. The van der Waals surface area contributed by atoms with Crippen molar-refractivity contribution in [1.29, 1.82) is 0 Å². The summed E-state index contributed by atoms with van der Waals surface area (Å²) in [4.78, 5) is 2.75. The minimum Gasteiger partial charge on any atom is -0.383 e. The van der Waals surface area contributed by atoms with Crippen LogP contribution in [0.15, 0.2) is 0 Å². The van der Waals surface area contributed by atoms with Crippen molar-refractivity contribution in [1.82, 2.24) is 4.90 Å². The second-order valence-corrected chi connectivity index (χ2v) is 6.18. The number of piperidine rings is 2. The zero-order chi connectivity index (χ0) is 12.4. The molecule has 3 nitrogen and oxygen atoms in total. The third kappa shape index (κ3) is 2.83. The molecule has 100 valence electrons. The van der Waals surface area contributed by atoms with E-state index in [1.54, 1.807) is 0 Å². The fraction of sp³-hybridized carbons (Fsp3) is 1.00. The van der Waals surface area contributed by atoms with Crippen molar-refractivity contribution in [2.45, 2.75) is 70.1 Å². The molecule has 0 radical (unpaired) electrons. The minimum atomic E-state index is 0.428. The number of nitrogens with two attached hydrogens (primary N) is 1.